The van der Waals surface area contributed by atoms with E-state index in [1.807, 2.05) is 0 Å². The number of nitrogens with two attached hydrogens (primary N) is 1. The van der Waals surface area contributed by atoms with Crippen LogP contribution >= 0.6 is 0 Å². The molecular formula is C14H17NO6S. The summed E-state index contributed by atoms with van der Waals surface area (Å²) < 4.78 is 33.1. The number of primary sulfonamides is 1. The fourth-order valence-corrected chi connectivity index (χ4v) is 3.02. The van der Waals surface area contributed by atoms with E-state index in [0.717, 1.165) is 18.9 Å². The van der Waals surface area contributed by atoms with Crippen LogP contribution in [0.3, 0.4) is 0 Å². The van der Waals surface area contributed by atoms with Crippen LogP contribution in [0.25, 0.3) is 0 Å². The fraction of sp³-hybridized carbons (Fsp3) is 0.429. The fourth-order valence-electron chi connectivity index (χ4n) is 2.30. The van der Waals surface area contributed by atoms with Gasteiger partial charge in [0.05, 0.1) is 12.7 Å². The van der Waals surface area contributed by atoms with Crippen LogP contribution in [-0.2, 0) is 19.6 Å². The van der Waals surface area contributed by atoms with Gasteiger partial charge in [-0.1, -0.05) is 0 Å². The summed E-state index contributed by atoms with van der Waals surface area (Å²) in [7, 11) is -2.75. The molecule has 0 aliphatic heterocycles. The Hall–Kier alpha value is -1.93. The lowest BCUT2D eigenvalue weighted by molar-refractivity contribution is -0.129. The van der Waals surface area contributed by atoms with Crippen molar-refractivity contribution in [3.8, 4) is 5.75 Å². The predicted octanol–water partition coefficient (Wildman–Crippen LogP) is 1.01. The molecule has 1 aromatic rings. The number of ether oxygens (including phenoxy) is 2. The minimum Gasteiger partial charge on any atom is -0.495 e. The van der Waals surface area contributed by atoms with E-state index in [4.69, 9.17) is 14.6 Å². The van der Waals surface area contributed by atoms with E-state index in [9.17, 15) is 18.0 Å². The Morgan fingerprint density at radius 2 is 2.05 bits per heavy atom. The van der Waals surface area contributed by atoms with Crippen molar-refractivity contribution in [3.05, 3.63) is 23.8 Å². The first kappa shape index (κ1) is 16.4. The van der Waals surface area contributed by atoms with Crippen LogP contribution in [0.5, 0.6) is 5.75 Å². The highest BCUT2D eigenvalue weighted by atomic mass is 32.2. The Bertz CT molecular complexity index is 697. The van der Waals surface area contributed by atoms with Gasteiger partial charge in [-0.2, -0.15) is 0 Å². The summed E-state index contributed by atoms with van der Waals surface area (Å²) in [6.45, 7) is 0. The molecule has 0 radical (unpaired) electrons. The van der Waals surface area contributed by atoms with Crippen molar-refractivity contribution in [2.75, 3.05) is 7.11 Å². The molecule has 0 heterocycles. The van der Waals surface area contributed by atoms with E-state index in [0.29, 0.717) is 12.8 Å². The summed E-state index contributed by atoms with van der Waals surface area (Å²) >= 11 is 0. The van der Waals surface area contributed by atoms with Crippen molar-refractivity contribution in [2.24, 2.45) is 5.14 Å². The van der Waals surface area contributed by atoms with Crippen LogP contribution in [-0.4, -0.2) is 33.4 Å². The van der Waals surface area contributed by atoms with Gasteiger partial charge in [0.25, 0.3) is 0 Å². The number of rotatable bonds is 4. The summed E-state index contributed by atoms with van der Waals surface area (Å²) in [5, 5.41) is 5.09. The second-order valence-electron chi connectivity index (χ2n) is 5.02. The first-order chi connectivity index (χ1) is 10.3. The molecule has 1 atom stereocenters. The molecule has 0 aromatic heterocycles. The first-order valence-electron chi connectivity index (χ1n) is 6.77. The van der Waals surface area contributed by atoms with E-state index in [2.05, 4.69) is 0 Å². The zero-order valence-corrected chi connectivity index (χ0v) is 12.9. The third kappa shape index (κ3) is 3.63. The lowest BCUT2D eigenvalue weighted by Crippen LogP contribution is -2.30. The Labute approximate surface area is 128 Å². The summed E-state index contributed by atoms with van der Waals surface area (Å²) in [4.78, 5) is 23.5. The Morgan fingerprint density at radius 3 is 2.64 bits per heavy atom. The van der Waals surface area contributed by atoms with Crippen LogP contribution in [0.4, 0.5) is 0 Å². The van der Waals surface area contributed by atoms with E-state index in [-0.39, 0.29) is 22.0 Å². The first-order valence-corrected chi connectivity index (χ1v) is 8.32. The van der Waals surface area contributed by atoms with Gasteiger partial charge in [0.2, 0.25) is 10.0 Å². The molecule has 1 aliphatic carbocycles. The topological polar surface area (TPSA) is 113 Å². The van der Waals surface area contributed by atoms with Crippen LogP contribution in [0, 0.1) is 0 Å². The molecule has 2 rings (SSSR count). The molecule has 8 heteroatoms. The maximum Gasteiger partial charge on any atom is 0.338 e. The van der Waals surface area contributed by atoms with Crippen molar-refractivity contribution in [1.82, 2.24) is 0 Å². The minimum absolute atomic E-state index is 0.00296. The average Bonchev–Trinajstić information content (AvgIpc) is 2.48. The molecule has 0 amide bonds. The van der Waals surface area contributed by atoms with Gasteiger partial charge >= 0.3 is 5.97 Å². The standard InChI is InChI=1S/C14H17NO6S/c1-20-12-7-6-9(8-13(12)22(15,18)19)14(17)21-11-5-3-2-4-10(11)16/h6-8,11H,2-5H2,1H3,(H2,15,18,19). The maximum absolute atomic E-state index is 12.1. The van der Waals surface area contributed by atoms with Gasteiger partial charge in [-0.05, 0) is 37.5 Å². The highest BCUT2D eigenvalue weighted by Gasteiger charge is 2.27. The third-order valence-electron chi connectivity index (χ3n) is 3.45. The minimum atomic E-state index is -4.05. The molecule has 120 valence electrons. The van der Waals surface area contributed by atoms with Crippen LogP contribution in [0.2, 0.25) is 0 Å². The number of benzene rings is 1. The zero-order valence-electron chi connectivity index (χ0n) is 12.1. The molecule has 1 saturated carbocycles. The highest BCUT2D eigenvalue weighted by molar-refractivity contribution is 7.89. The lowest BCUT2D eigenvalue weighted by Gasteiger charge is -2.20. The van der Waals surface area contributed by atoms with Gasteiger partial charge in [-0.15, -0.1) is 0 Å². The quantitative estimate of drug-likeness (QED) is 0.826. The van der Waals surface area contributed by atoms with Gasteiger partial charge in [0, 0.05) is 6.42 Å². The van der Waals surface area contributed by atoms with Gasteiger partial charge in [0.15, 0.2) is 11.9 Å². The number of carbonyl (C=O) groups excluding carboxylic acids is 2. The zero-order chi connectivity index (χ0) is 16.3. The number of ketones is 1. The number of esters is 1. The average molecular weight is 327 g/mol. The van der Waals surface area contributed by atoms with Crippen LogP contribution < -0.4 is 9.88 Å². The molecular weight excluding hydrogens is 310 g/mol. The molecule has 0 bridgehead atoms. The maximum atomic E-state index is 12.1. The van der Waals surface area contributed by atoms with Crippen molar-refractivity contribution in [3.63, 3.8) is 0 Å². The Balaban J connectivity index is 2.25. The molecule has 0 spiro atoms. The molecule has 1 fully saturated rings. The molecule has 2 N–H and O–H groups in total. The van der Waals surface area contributed by atoms with Gasteiger partial charge in [-0.25, -0.2) is 18.4 Å². The Kier molecular flexibility index (Phi) is 4.82. The van der Waals surface area contributed by atoms with Crippen molar-refractivity contribution >= 4 is 21.8 Å². The van der Waals surface area contributed by atoms with Crippen molar-refractivity contribution in [2.45, 2.75) is 36.7 Å². The number of methoxy groups -OCH3 is 1. The van der Waals surface area contributed by atoms with Gasteiger partial charge in [0.1, 0.15) is 10.6 Å². The number of carbonyl (C=O) groups is 2. The number of sulfonamides is 1. The number of hydrogen-bond acceptors (Lipinski definition) is 6. The molecule has 1 aliphatic rings. The van der Waals surface area contributed by atoms with Gasteiger partial charge < -0.3 is 9.47 Å². The summed E-state index contributed by atoms with van der Waals surface area (Å²) in [5.74, 6) is -0.833. The molecule has 22 heavy (non-hydrogen) atoms. The number of Topliss-reactive ketones (excluding diaryl/α,β-unsaturated/α-hetero) is 1. The van der Waals surface area contributed by atoms with E-state index < -0.39 is 22.1 Å². The SMILES string of the molecule is COc1ccc(C(=O)OC2CCCCC2=O)cc1S(N)(=O)=O. The van der Waals surface area contributed by atoms with E-state index in [1.165, 1.54) is 19.2 Å². The lowest BCUT2D eigenvalue weighted by atomic mass is 9.96. The summed E-state index contributed by atoms with van der Waals surface area (Å²) in [6, 6.07) is 3.77. The van der Waals surface area contributed by atoms with Crippen molar-refractivity contribution < 1.29 is 27.5 Å². The molecule has 0 saturated heterocycles. The second-order valence-corrected chi connectivity index (χ2v) is 6.55. The monoisotopic (exact) mass is 327 g/mol. The second kappa shape index (κ2) is 6.45. The van der Waals surface area contributed by atoms with Crippen LogP contribution in [0.15, 0.2) is 23.1 Å². The largest absolute Gasteiger partial charge is 0.495 e. The van der Waals surface area contributed by atoms with E-state index >= 15 is 0 Å². The molecule has 7 nitrogen and oxygen atoms in total. The van der Waals surface area contributed by atoms with E-state index in [1.54, 1.807) is 0 Å². The normalized spacial score (nSPS) is 18.8. The van der Waals surface area contributed by atoms with Gasteiger partial charge in [-0.3, -0.25) is 4.79 Å². The summed E-state index contributed by atoms with van der Waals surface area (Å²) in [6.07, 6.45) is 1.73. The predicted molar refractivity (Wildman–Crippen MR) is 77.0 cm³/mol. The number of hydrogen-bond donors (Lipinski definition) is 1. The molecule has 1 aromatic carbocycles. The van der Waals surface area contributed by atoms with Crippen molar-refractivity contribution in [1.29, 1.82) is 0 Å². The van der Waals surface area contributed by atoms with Crippen LogP contribution in [0.1, 0.15) is 36.0 Å². The Morgan fingerprint density at radius 1 is 1.32 bits per heavy atom. The smallest absolute Gasteiger partial charge is 0.338 e. The summed E-state index contributed by atoms with van der Waals surface area (Å²) in [5.41, 5.74) is 0.00296. The third-order valence-corrected chi connectivity index (χ3v) is 4.39. The highest BCUT2D eigenvalue weighted by Crippen LogP contribution is 2.25. The molecule has 1 unspecified atom stereocenters.